The molecule has 8 heteroatoms. The van der Waals surface area contributed by atoms with E-state index in [0.29, 0.717) is 17.9 Å². The van der Waals surface area contributed by atoms with E-state index in [9.17, 15) is 14.4 Å². The van der Waals surface area contributed by atoms with Gasteiger partial charge < -0.3 is 14.8 Å². The number of rotatable bonds is 7. The summed E-state index contributed by atoms with van der Waals surface area (Å²) in [5.41, 5.74) is 1.76. The number of urea groups is 1. The van der Waals surface area contributed by atoms with Crippen LogP contribution < -0.4 is 10.1 Å². The Morgan fingerprint density at radius 2 is 1.79 bits per heavy atom. The molecule has 0 spiro atoms. The van der Waals surface area contributed by atoms with E-state index < -0.39 is 12.0 Å². The first-order valence-corrected chi connectivity index (χ1v) is 9.73. The zero-order valence-corrected chi connectivity index (χ0v) is 17.3. The number of esters is 1. The van der Waals surface area contributed by atoms with E-state index in [0.717, 1.165) is 14.9 Å². The summed E-state index contributed by atoms with van der Waals surface area (Å²) in [5.74, 6) is -0.330. The summed E-state index contributed by atoms with van der Waals surface area (Å²) in [4.78, 5) is 37.3. The maximum atomic E-state index is 12.6. The van der Waals surface area contributed by atoms with E-state index in [4.69, 9.17) is 9.47 Å². The number of benzene rings is 2. The summed E-state index contributed by atoms with van der Waals surface area (Å²) in [6.45, 7) is 2.04. The molecule has 1 aliphatic heterocycles. The second kappa shape index (κ2) is 9.38. The minimum absolute atomic E-state index is 0.173. The lowest BCUT2D eigenvalue weighted by atomic mass is 10.1. The van der Waals surface area contributed by atoms with Gasteiger partial charge in [0, 0.05) is 4.47 Å². The van der Waals surface area contributed by atoms with Crippen molar-refractivity contribution >= 4 is 39.9 Å². The molecule has 150 valence electrons. The van der Waals surface area contributed by atoms with Crippen molar-refractivity contribution in [2.45, 2.75) is 13.5 Å². The molecule has 0 saturated carbocycles. The molecule has 1 aliphatic rings. The summed E-state index contributed by atoms with van der Waals surface area (Å²) >= 11 is 3.36. The number of amides is 3. The van der Waals surface area contributed by atoms with E-state index in [1.165, 1.54) is 0 Å². The van der Waals surface area contributed by atoms with Crippen molar-refractivity contribution in [1.82, 2.24) is 10.2 Å². The molecule has 2 aromatic carbocycles. The number of halogens is 1. The highest BCUT2D eigenvalue weighted by atomic mass is 79.9. The van der Waals surface area contributed by atoms with Gasteiger partial charge in [0.2, 0.25) is 0 Å². The predicted octanol–water partition coefficient (Wildman–Crippen LogP) is 3.48. The van der Waals surface area contributed by atoms with Crippen LogP contribution in [0.1, 0.15) is 18.1 Å². The average Bonchev–Trinajstić information content (AvgIpc) is 2.97. The van der Waals surface area contributed by atoms with Crippen LogP contribution in [0.2, 0.25) is 0 Å². The largest absolute Gasteiger partial charge is 0.482 e. The zero-order chi connectivity index (χ0) is 20.8. The van der Waals surface area contributed by atoms with E-state index >= 15 is 0 Å². The van der Waals surface area contributed by atoms with Gasteiger partial charge >= 0.3 is 12.0 Å². The molecule has 7 nitrogen and oxygen atoms in total. The Hall–Kier alpha value is -3.13. The molecule has 0 bridgehead atoms. The fourth-order valence-electron chi connectivity index (χ4n) is 2.66. The third-order valence-corrected chi connectivity index (χ3v) is 4.60. The maximum absolute atomic E-state index is 12.6. The Balaban J connectivity index is 1.64. The summed E-state index contributed by atoms with van der Waals surface area (Å²) in [6.07, 6.45) is 1.59. The molecule has 0 unspecified atom stereocenters. The highest BCUT2D eigenvalue weighted by molar-refractivity contribution is 9.10. The van der Waals surface area contributed by atoms with Crippen LogP contribution >= 0.6 is 15.9 Å². The van der Waals surface area contributed by atoms with E-state index in [1.807, 2.05) is 24.3 Å². The Kier molecular flexibility index (Phi) is 6.66. The molecule has 29 heavy (non-hydrogen) atoms. The van der Waals surface area contributed by atoms with Gasteiger partial charge in [-0.2, -0.15) is 0 Å². The highest BCUT2D eigenvalue weighted by Gasteiger charge is 2.33. The maximum Gasteiger partial charge on any atom is 0.344 e. The molecule has 1 heterocycles. The second-order valence-corrected chi connectivity index (χ2v) is 7.08. The van der Waals surface area contributed by atoms with Gasteiger partial charge in [-0.3, -0.25) is 9.69 Å². The van der Waals surface area contributed by atoms with Crippen LogP contribution in [0.3, 0.4) is 0 Å². The number of nitrogens with one attached hydrogen (secondary N) is 1. The quantitative estimate of drug-likeness (QED) is 0.390. The predicted molar refractivity (Wildman–Crippen MR) is 110 cm³/mol. The van der Waals surface area contributed by atoms with Crippen molar-refractivity contribution in [2.75, 3.05) is 13.2 Å². The molecule has 3 rings (SSSR count). The Bertz CT molecular complexity index is 939. The number of ether oxygens (including phenoxy) is 2. The highest BCUT2D eigenvalue weighted by Crippen LogP contribution is 2.20. The molecule has 2 aromatic rings. The van der Waals surface area contributed by atoms with Gasteiger partial charge in [0.1, 0.15) is 11.4 Å². The van der Waals surface area contributed by atoms with Gasteiger partial charge in [-0.1, -0.05) is 40.2 Å². The van der Waals surface area contributed by atoms with Crippen LogP contribution in [0.15, 0.2) is 58.7 Å². The number of hydrogen-bond acceptors (Lipinski definition) is 5. The fraction of sp³-hybridized carbons (Fsp3) is 0.190. The van der Waals surface area contributed by atoms with Gasteiger partial charge in [0.15, 0.2) is 6.61 Å². The summed E-state index contributed by atoms with van der Waals surface area (Å²) in [5, 5.41) is 2.60. The monoisotopic (exact) mass is 458 g/mol. The molecular formula is C21H19BrN2O5. The zero-order valence-electron chi connectivity index (χ0n) is 15.7. The summed E-state index contributed by atoms with van der Waals surface area (Å²) in [6, 6.07) is 13.8. The SMILES string of the molecule is CCOC(=O)COc1ccc(/C=C2/NC(=O)N(Cc3ccc(Br)cc3)C2=O)cc1. The molecule has 0 aromatic heterocycles. The van der Waals surface area contributed by atoms with Crippen molar-refractivity contribution in [3.05, 3.63) is 69.8 Å². The van der Waals surface area contributed by atoms with Gasteiger partial charge in [-0.15, -0.1) is 0 Å². The molecule has 1 saturated heterocycles. The molecular weight excluding hydrogens is 440 g/mol. The van der Waals surface area contributed by atoms with Crippen molar-refractivity contribution in [3.63, 3.8) is 0 Å². The van der Waals surface area contributed by atoms with Crippen LogP contribution in [0, 0.1) is 0 Å². The lowest BCUT2D eigenvalue weighted by Gasteiger charge is -2.11. The third kappa shape index (κ3) is 5.45. The van der Waals surface area contributed by atoms with Gasteiger partial charge in [-0.05, 0) is 48.4 Å². The average molecular weight is 459 g/mol. The van der Waals surface area contributed by atoms with Crippen LogP contribution in [0.4, 0.5) is 4.79 Å². The standard InChI is InChI=1S/C21H19BrN2O5/c1-2-28-19(25)13-29-17-9-5-14(6-10-17)11-18-20(26)24(21(27)23-18)12-15-3-7-16(22)8-4-15/h3-11H,2,12-13H2,1H3,(H,23,27)/b18-11+. The Labute approximate surface area is 176 Å². The number of carbonyl (C=O) groups excluding carboxylic acids is 3. The van der Waals surface area contributed by atoms with Crippen LogP contribution in [0.5, 0.6) is 5.75 Å². The third-order valence-electron chi connectivity index (χ3n) is 4.07. The van der Waals surface area contributed by atoms with E-state index in [1.54, 1.807) is 37.3 Å². The van der Waals surface area contributed by atoms with E-state index in [2.05, 4.69) is 21.2 Å². The van der Waals surface area contributed by atoms with Crippen molar-refractivity contribution in [1.29, 1.82) is 0 Å². The van der Waals surface area contributed by atoms with E-state index in [-0.39, 0.29) is 24.8 Å². The summed E-state index contributed by atoms with van der Waals surface area (Å²) < 4.78 is 11.1. The van der Waals surface area contributed by atoms with Crippen LogP contribution in [-0.2, 0) is 20.9 Å². The topological polar surface area (TPSA) is 84.9 Å². The first kappa shape index (κ1) is 20.6. The van der Waals surface area contributed by atoms with Gasteiger partial charge in [0.05, 0.1) is 13.2 Å². The molecule has 0 aliphatic carbocycles. The van der Waals surface area contributed by atoms with Crippen LogP contribution in [-0.4, -0.2) is 36.0 Å². The molecule has 1 N–H and O–H groups in total. The number of carbonyl (C=O) groups is 3. The number of hydrogen-bond donors (Lipinski definition) is 1. The molecule has 0 radical (unpaired) electrons. The van der Waals surface area contributed by atoms with Crippen molar-refractivity contribution in [3.8, 4) is 5.75 Å². The van der Waals surface area contributed by atoms with Gasteiger partial charge in [-0.25, -0.2) is 9.59 Å². The Morgan fingerprint density at radius 1 is 1.10 bits per heavy atom. The number of nitrogens with zero attached hydrogens (tertiary/aromatic N) is 1. The first-order chi connectivity index (χ1) is 14.0. The molecule has 1 fully saturated rings. The number of imide groups is 1. The Morgan fingerprint density at radius 3 is 2.45 bits per heavy atom. The second-order valence-electron chi connectivity index (χ2n) is 6.17. The normalized spacial score (nSPS) is 14.8. The van der Waals surface area contributed by atoms with Crippen LogP contribution in [0.25, 0.3) is 6.08 Å². The lowest BCUT2D eigenvalue weighted by Crippen LogP contribution is -2.30. The smallest absolute Gasteiger partial charge is 0.344 e. The first-order valence-electron chi connectivity index (χ1n) is 8.93. The molecule has 0 atom stereocenters. The van der Waals surface area contributed by atoms with Crippen molar-refractivity contribution in [2.24, 2.45) is 0 Å². The fourth-order valence-corrected chi connectivity index (χ4v) is 2.92. The van der Waals surface area contributed by atoms with Gasteiger partial charge in [0.25, 0.3) is 5.91 Å². The summed E-state index contributed by atoms with van der Waals surface area (Å²) in [7, 11) is 0. The van der Waals surface area contributed by atoms with Crippen molar-refractivity contribution < 1.29 is 23.9 Å². The minimum atomic E-state index is -0.460. The lowest BCUT2D eigenvalue weighted by molar-refractivity contribution is -0.145. The minimum Gasteiger partial charge on any atom is -0.482 e. The molecule has 3 amide bonds.